The SMILES string of the molecule is O=P(O)(O)C(O)(O)CC(O)(O)P(=O)(O)O. The second kappa shape index (κ2) is 3.86. The van der Waals surface area contributed by atoms with Crippen LogP contribution in [0.1, 0.15) is 6.42 Å². The third-order valence-corrected chi connectivity index (χ3v) is 3.59. The molecule has 0 atom stereocenters. The minimum atomic E-state index is -5.59. The van der Waals surface area contributed by atoms with E-state index in [1.165, 1.54) is 0 Å². The van der Waals surface area contributed by atoms with Gasteiger partial charge in [0.25, 0.3) is 11.1 Å². The van der Waals surface area contributed by atoms with Gasteiger partial charge in [-0.25, -0.2) is 0 Å². The molecule has 12 heteroatoms. The quantitative estimate of drug-likeness (QED) is 0.192. The first-order valence-electron chi connectivity index (χ1n) is 3.21. The van der Waals surface area contributed by atoms with Crippen molar-refractivity contribution < 1.29 is 49.1 Å². The first-order valence-corrected chi connectivity index (χ1v) is 6.44. The van der Waals surface area contributed by atoms with Crippen LogP contribution in [0, 0.1) is 0 Å². The Morgan fingerprint density at radius 2 is 0.933 bits per heavy atom. The Balaban J connectivity index is 5.07. The van der Waals surface area contributed by atoms with Gasteiger partial charge in [0.2, 0.25) is 0 Å². The molecule has 0 aromatic carbocycles. The van der Waals surface area contributed by atoms with Crippen LogP contribution in [0.5, 0.6) is 0 Å². The highest BCUT2D eigenvalue weighted by atomic mass is 31.2. The molecule has 92 valence electrons. The molecule has 0 fully saturated rings. The molecule has 0 aromatic heterocycles. The van der Waals surface area contributed by atoms with Crippen molar-refractivity contribution in [2.75, 3.05) is 0 Å². The second-order valence-corrected chi connectivity index (χ2v) is 6.42. The van der Waals surface area contributed by atoms with Crippen LogP contribution in [0.25, 0.3) is 0 Å². The van der Waals surface area contributed by atoms with Crippen LogP contribution in [0.15, 0.2) is 0 Å². The van der Waals surface area contributed by atoms with Crippen molar-refractivity contribution in [2.45, 2.75) is 17.5 Å². The summed E-state index contributed by atoms with van der Waals surface area (Å²) in [6.07, 6.45) is -2.03. The Morgan fingerprint density at radius 1 is 0.733 bits per heavy atom. The fourth-order valence-electron chi connectivity index (χ4n) is 0.524. The smallest absolute Gasteiger partial charge is 0.356 e. The molecular weight excluding hydrogens is 258 g/mol. The summed E-state index contributed by atoms with van der Waals surface area (Å²) < 4.78 is 20.8. The van der Waals surface area contributed by atoms with Gasteiger partial charge in [-0.15, -0.1) is 0 Å². The molecule has 0 aromatic rings. The zero-order valence-corrected chi connectivity index (χ0v) is 8.78. The van der Waals surface area contributed by atoms with E-state index in [-0.39, 0.29) is 0 Å². The van der Waals surface area contributed by atoms with Gasteiger partial charge in [0.1, 0.15) is 0 Å². The maximum absolute atomic E-state index is 10.4. The average Bonchev–Trinajstić information content (AvgIpc) is 1.77. The number of hydrogen-bond donors (Lipinski definition) is 8. The van der Waals surface area contributed by atoms with Crippen molar-refractivity contribution in [1.29, 1.82) is 0 Å². The lowest BCUT2D eigenvalue weighted by Gasteiger charge is -2.30. The maximum atomic E-state index is 10.4. The zero-order valence-electron chi connectivity index (χ0n) is 7.00. The molecule has 0 unspecified atom stereocenters. The van der Waals surface area contributed by atoms with Crippen LogP contribution < -0.4 is 0 Å². The Kier molecular flexibility index (Phi) is 3.90. The van der Waals surface area contributed by atoms with Gasteiger partial charge in [-0.05, 0) is 0 Å². The van der Waals surface area contributed by atoms with E-state index in [9.17, 15) is 9.13 Å². The number of aliphatic hydroxyl groups is 4. The molecule has 0 bridgehead atoms. The first kappa shape index (κ1) is 15.1. The van der Waals surface area contributed by atoms with Gasteiger partial charge >= 0.3 is 15.2 Å². The van der Waals surface area contributed by atoms with E-state index in [4.69, 9.17) is 40.0 Å². The largest absolute Gasteiger partial charge is 0.384 e. The molecule has 0 saturated carbocycles. The molecule has 0 aliphatic rings. The van der Waals surface area contributed by atoms with Crippen LogP contribution in [0.2, 0.25) is 0 Å². The summed E-state index contributed by atoms with van der Waals surface area (Å²) in [6.45, 7) is 0. The van der Waals surface area contributed by atoms with Crippen LogP contribution >= 0.6 is 15.2 Å². The summed E-state index contributed by atoms with van der Waals surface area (Å²) in [6, 6.07) is 0. The molecular formula is C3H10O10P2. The molecule has 10 nitrogen and oxygen atoms in total. The predicted molar refractivity (Wildman–Crippen MR) is 43.0 cm³/mol. The molecule has 15 heavy (non-hydrogen) atoms. The van der Waals surface area contributed by atoms with Crippen LogP contribution in [-0.4, -0.2) is 51.1 Å². The monoisotopic (exact) mass is 268 g/mol. The Bertz CT molecular complexity index is 288. The Hall–Kier alpha value is 0.140. The summed E-state index contributed by atoms with van der Waals surface area (Å²) in [5, 5.41) is 34.7. The Labute approximate surface area is 82.7 Å². The zero-order chi connectivity index (χ0) is 12.7. The molecule has 0 saturated heterocycles. The van der Waals surface area contributed by atoms with E-state index in [1.807, 2.05) is 0 Å². The average molecular weight is 268 g/mol. The van der Waals surface area contributed by atoms with E-state index in [2.05, 4.69) is 0 Å². The van der Waals surface area contributed by atoms with Crippen molar-refractivity contribution in [3.05, 3.63) is 0 Å². The van der Waals surface area contributed by atoms with Gasteiger partial charge in [0.15, 0.2) is 0 Å². The predicted octanol–water partition coefficient (Wildman–Crippen LogP) is -2.99. The highest BCUT2D eigenvalue weighted by molar-refractivity contribution is 7.54. The van der Waals surface area contributed by atoms with Gasteiger partial charge < -0.3 is 40.0 Å². The molecule has 0 rings (SSSR count). The van der Waals surface area contributed by atoms with Crippen molar-refractivity contribution in [3.8, 4) is 0 Å². The first-order chi connectivity index (χ1) is 6.21. The molecule has 0 aliphatic heterocycles. The van der Waals surface area contributed by atoms with Gasteiger partial charge in [-0.3, -0.25) is 9.13 Å². The van der Waals surface area contributed by atoms with Crippen molar-refractivity contribution in [3.63, 3.8) is 0 Å². The lowest BCUT2D eigenvalue weighted by Crippen LogP contribution is -2.41. The highest BCUT2D eigenvalue weighted by Gasteiger charge is 2.56. The summed E-state index contributed by atoms with van der Waals surface area (Å²) in [5.74, 6) is 0. The van der Waals surface area contributed by atoms with E-state index < -0.39 is 32.7 Å². The van der Waals surface area contributed by atoms with E-state index >= 15 is 0 Å². The second-order valence-electron chi connectivity index (χ2n) is 2.81. The molecule has 0 aliphatic carbocycles. The van der Waals surface area contributed by atoms with E-state index in [1.54, 1.807) is 0 Å². The third-order valence-electron chi connectivity index (χ3n) is 1.41. The highest BCUT2D eigenvalue weighted by Crippen LogP contribution is 2.57. The van der Waals surface area contributed by atoms with Crippen LogP contribution in [0.3, 0.4) is 0 Å². The topological polar surface area (TPSA) is 196 Å². The summed E-state index contributed by atoms with van der Waals surface area (Å²) >= 11 is 0. The fraction of sp³-hybridized carbons (Fsp3) is 1.00. The summed E-state index contributed by atoms with van der Waals surface area (Å²) in [5.41, 5.74) is -7.89. The standard InChI is InChI=1S/C3H10O10P2/c4-2(5,14(8,9)10)1-3(6,7)15(11,12)13/h4-7H,1H2,(H2,8,9,10)(H2,11,12,13). The van der Waals surface area contributed by atoms with E-state index in [0.717, 1.165) is 0 Å². The van der Waals surface area contributed by atoms with Crippen LogP contribution in [0.4, 0.5) is 0 Å². The van der Waals surface area contributed by atoms with Gasteiger partial charge in [0.05, 0.1) is 6.42 Å². The normalized spacial score (nSPS) is 15.5. The third kappa shape index (κ3) is 3.58. The van der Waals surface area contributed by atoms with Gasteiger partial charge in [0, 0.05) is 0 Å². The maximum Gasteiger partial charge on any atom is 0.384 e. The fourth-order valence-corrected chi connectivity index (χ4v) is 1.50. The van der Waals surface area contributed by atoms with Crippen molar-refractivity contribution in [2.24, 2.45) is 0 Å². The van der Waals surface area contributed by atoms with Gasteiger partial charge in [-0.1, -0.05) is 0 Å². The van der Waals surface area contributed by atoms with Gasteiger partial charge in [-0.2, -0.15) is 0 Å². The molecule has 0 spiro atoms. The summed E-state index contributed by atoms with van der Waals surface area (Å²) in [4.78, 5) is 33.2. The lowest BCUT2D eigenvalue weighted by atomic mass is 10.4. The molecule has 0 amide bonds. The molecule has 8 N–H and O–H groups in total. The number of hydrogen-bond acceptors (Lipinski definition) is 6. The van der Waals surface area contributed by atoms with E-state index in [0.29, 0.717) is 0 Å². The Morgan fingerprint density at radius 3 is 1.07 bits per heavy atom. The number of rotatable bonds is 4. The van der Waals surface area contributed by atoms with Crippen LogP contribution in [-0.2, 0) is 9.13 Å². The van der Waals surface area contributed by atoms with Crippen molar-refractivity contribution >= 4 is 15.2 Å². The minimum Gasteiger partial charge on any atom is -0.356 e. The lowest BCUT2D eigenvalue weighted by molar-refractivity contribution is -0.193. The van der Waals surface area contributed by atoms with Crippen molar-refractivity contribution in [1.82, 2.24) is 0 Å². The molecule has 0 radical (unpaired) electrons. The molecule has 0 heterocycles. The summed E-state index contributed by atoms with van der Waals surface area (Å²) in [7, 11) is -11.2. The minimum absolute atomic E-state index is 2.03.